The molecule has 4 heteroatoms. The molecule has 0 bridgehead atoms. The molecule has 0 radical (unpaired) electrons. The molecule has 2 rings (SSSR count). The molecular formula is C21H27NO3. The van der Waals surface area contributed by atoms with Crippen LogP contribution in [0.1, 0.15) is 50.0 Å². The van der Waals surface area contributed by atoms with E-state index in [4.69, 9.17) is 15.2 Å². The van der Waals surface area contributed by atoms with Crippen molar-refractivity contribution < 1.29 is 14.3 Å². The van der Waals surface area contributed by atoms with Gasteiger partial charge in [0.05, 0.1) is 5.69 Å². The Bertz CT molecular complexity index is 715. The number of carbonyl (C=O) groups is 1. The molecule has 0 atom stereocenters. The second-order valence-electron chi connectivity index (χ2n) is 7.00. The first-order valence-corrected chi connectivity index (χ1v) is 8.60. The van der Waals surface area contributed by atoms with Crippen molar-refractivity contribution >= 4 is 11.5 Å². The summed E-state index contributed by atoms with van der Waals surface area (Å²) < 4.78 is 11.3. The van der Waals surface area contributed by atoms with Gasteiger partial charge in [-0.15, -0.1) is 0 Å². The highest BCUT2D eigenvalue weighted by atomic mass is 16.5. The number of ketones is 1. The molecule has 0 fully saturated rings. The average molecular weight is 341 g/mol. The topological polar surface area (TPSA) is 61.5 Å². The van der Waals surface area contributed by atoms with Crippen molar-refractivity contribution in [3.63, 3.8) is 0 Å². The van der Waals surface area contributed by atoms with Crippen LogP contribution >= 0.6 is 0 Å². The molecular weight excluding hydrogens is 314 g/mol. The number of hydrogen-bond donors (Lipinski definition) is 1. The second kappa shape index (κ2) is 8.06. The molecule has 0 aromatic heterocycles. The quantitative estimate of drug-likeness (QED) is 0.453. The number of Topliss-reactive ketones (excluding diaryl/α,β-unsaturated/α-hetero) is 1. The van der Waals surface area contributed by atoms with Crippen LogP contribution in [-0.4, -0.2) is 19.0 Å². The van der Waals surface area contributed by atoms with Crippen LogP contribution in [0.4, 0.5) is 5.69 Å². The van der Waals surface area contributed by atoms with Crippen LogP contribution in [0.3, 0.4) is 0 Å². The Morgan fingerprint density at radius 3 is 2.20 bits per heavy atom. The predicted octanol–water partition coefficient (Wildman–Crippen LogP) is 4.62. The van der Waals surface area contributed by atoms with Crippen LogP contribution in [0, 0.1) is 0 Å². The number of benzene rings is 2. The van der Waals surface area contributed by atoms with Gasteiger partial charge in [-0.3, -0.25) is 4.79 Å². The van der Waals surface area contributed by atoms with E-state index in [-0.39, 0.29) is 11.2 Å². The molecule has 2 aromatic rings. The molecule has 0 aliphatic heterocycles. The van der Waals surface area contributed by atoms with Crippen LogP contribution in [0.15, 0.2) is 42.5 Å². The lowest BCUT2D eigenvalue weighted by Gasteiger charge is -2.19. The lowest BCUT2D eigenvalue weighted by molar-refractivity contribution is 0.0988. The zero-order valence-corrected chi connectivity index (χ0v) is 15.5. The molecule has 134 valence electrons. The molecule has 0 saturated carbocycles. The van der Waals surface area contributed by atoms with E-state index in [0.29, 0.717) is 36.6 Å². The van der Waals surface area contributed by atoms with Crippen molar-refractivity contribution in [2.75, 3.05) is 18.9 Å². The van der Waals surface area contributed by atoms with Gasteiger partial charge in [-0.2, -0.15) is 0 Å². The van der Waals surface area contributed by atoms with Crippen LogP contribution in [0.5, 0.6) is 11.5 Å². The van der Waals surface area contributed by atoms with Crippen molar-refractivity contribution in [1.82, 2.24) is 0 Å². The molecule has 4 nitrogen and oxygen atoms in total. The normalized spacial score (nSPS) is 11.2. The molecule has 0 spiro atoms. The van der Waals surface area contributed by atoms with Crippen molar-refractivity contribution in [3.8, 4) is 11.5 Å². The van der Waals surface area contributed by atoms with Crippen LogP contribution < -0.4 is 15.2 Å². The van der Waals surface area contributed by atoms with Crippen molar-refractivity contribution in [2.45, 2.75) is 39.5 Å². The first-order valence-electron chi connectivity index (χ1n) is 8.60. The molecule has 2 N–H and O–H groups in total. The molecule has 0 amide bonds. The van der Waals surface area contributed by atoms with Gasteiger partial charge in [-0.1, -0.05) is 39.8 Å². The monoisotopic (exact) mass is 341 g/mol. The highest BCUT2D eigenvalue weighted by molar-refractivity contribution is 5.97. The Morgan fingerprint density at radius 2 is 1.64 bits per heavy atom. The van der Waals surface area contributed by atoms with E-state index in [2.05, 4.69) is 32.9 Å². The molecule has 0 aliphatic rings. The SMILES string of the molecule is CCC(=O)c1ccc(OCCOc2ccc(C(C)(C)C)cc2)c(N)c1. The Labute approximate surface area is 150 Å². The van der Waals surface area contributed by atoms with Crippen molar-refractivity contribution in [3.05, 3.63) is 53.6 Å². The third kappa shape index (κ3) is 5.24. The first kappa shape index (κ1) is 18.8. The van der Waals surface area contributed by atoms with E-state index < -0.39 is 0 Å². The van der Waals surface area contributed by atoms with Crippen molar-refractivity contribution in [2.24, 2.45) is 0 Å². The maximum atomic E-state index is 11.7. The standard InChI is InChI=1S/C21H27NO3/c1-5-19(23)15-6-11-20(18(22)14-15)25-13-12-24-17-9-7-16(8-10-17)21(2,3)4/h6-11,14H,5,12-13,22H2,1-4H3. The number of anilines is 1. The summed E-state index contributed by atoms with van der Waals surface area (Å²) in [5.74, 6) is 1.45. The Morgan fingerprint density at radius 1 is 1.00 bits per heavy atom. The largest absolute Gasteiger partial charge is 0.490 e. The summed E-state index contributed by atoms with van der Waals surface area (Å²) in [5.41, 5.74) is 8.43. The number of ether oxygens (including phenoxy) is 2. The van der Waals surface area contributed by atoms with E-state index >= 15 is 0 Å². The smallest absolute Gasteiger partial charge is 0.162 e. The van der Waals surface area contributed by atoms with Gasteiger partial charge in [0.15, 0.2) is 5.78 Å². The minimum absolute atomic E-state index is 0.0697. The third-order valence-corrected chi connectivity index (χ3v) is 3.98. The van der Waals surface area contributed by atoms with Gasteiger partial charge in [0, 0.05) is 12.0 Å². The lowest BCUT2D eigenvalue weighted by atomic mass is 9.87. The van der Waals surface area contributed by atoms with Gasteiger partial charge in [-0.25, -0.2) is 0 Å². The molecule has 2 aromatic carbocycles. The second-order valence-corrected chi connectivity index (χ2v) is 7.00. The number of rotatable bonds is 7. The fourth-order valence-corrected chi connectivity index (χ4v) is 2.42. The van der Waals surface area contributed by atoms with Gasteiger partial charge in [0.1, 0.15) is 24.7 Å². The van der Waals surface area contributed by atoms with E-state index in [9.17, 15) is 4.79 Å². The summed E-state index contributed by atoms with van der Waals surface area (Å²) in [5, 5.41) is 0. The van der Waals surface area contributed by atoms with E-state index in [0.717, 1.165) is 5.75 Å². The highest BCUT2D eigenvalue weighted by Gasteiger charge is 2.13. The summed E-state index contributed by atoms with van der Waals surface area (Å²) in [6.07, 6.45) is 0.460. The molecule has 25 heavy (non-hydrogen) atoms. The van der Waals surface area contributed by atoms with Crippen LogP contribution in [0.25, 0.3) is 0 Å². The third-order valence-electron chi connectivity index (χ3n) is 3.98. The average Bonchev–Trinajstić information content (AvgIpc) is 2.58. The number of nitrogens with two attached hydrogens (primary N) is 1. The minimum Gasteiger partial charge on any atom is -0.490 e. The number of nitrogen functional groups attached to an aromatic ring is 1. The van der Waals surface area contributed by atoms with E-state index in [1.165, 1.54) is 5.56 Å². The zero-order valence-electron chi connectivity index (χ0n) is 15.5. The first-order chi connectivity index (χ1) is 11.8. The van der Waals surface area contributed by atoms with Crippen molar-refractivity contribution in [1.29, 1.82) is 0 Å². The Hall–Kier alpha value is -2.49. The van der Waals surface area contributed by atoms with Gasteiger partial charge < -0.3 is 15.2 Å². The fraction of sp³-hybridized carbons (Fsp3) is 0.381. The molecule has 0 heterocycles. The molecule has 0 unspecified atom stereocenters. The van der Waals surface area contributed by atoms with Gasteiger partial charge in [-0.05, 0) is 41.3 Å². The summed E-state index contributed by atoms with van der Waals surface area (Å²) in [7, 11) is 0. The Balaban J connectivity index is 1.84. The van der Waals surface area contributed by atoms with Gasteiger partial charge in [0.2, 0.25) is 0 Å². The highest BCUT2D eigenvalue weighted by Crippen LogP contribution is 2.25. The predicted molar refractivity (Wildman–Crippen MR) is 102 cm³/mol. The number of carbonyl (C=O) groups excluding carboxylic acids is 1. The maximum absolute atomic E-state index is 11.7. The van der Waals surface area contributed by atoms with E-state index in [1.54, 1.807) is 18.2 Å². The lowest BCUT2D eigenvalue weighted by Crippen LogP contribution is -2.12. The van der Waals surface area contributed by atoms with E-state index in [1.807, 2.05) is 19.1 Å². The maximum Gasteiger partial charge on any atom is 0.162 e. The Kier molecular flexibility index (Phi) is 6.07. The summed E-state index contributed by atoms with van der Waals surface area (Å²) in [4.78, 5) is 11.7. The van der Waals surface area contributed by atoms with Crippen LogP contribution in [0.2, 0.25) is 0 Å². The fourth-order valence-electron chi connectivity index (χ4n) is 2.42. The summed E-state index contributed by atoms with van der Waals surface area (Å²) >= 11 is 0. The van der Waals surface area contributed by atoms with Crippen LogP contribution in [-0.2, 0) is 5.41 Å². The zero-order chi connectivity index (χ0) is 18.4. The van der Waals surface area contributed by atoms with Gasteiger partial charge in [0.25, 0.3) is 0 Å². The number of hydrogen-bond acceptors (Lipinski definition) is 4. The minimum atomic E-state index is 0.0697. The summed E-state index contributed by atoms with van der Waals surface area (Å²) in [6.45, 7) is 9.17. The molecule has 0 aliphatic carbocycles. The molecule has 0 saturated heterocycles. The van der Waals surface area contributed by atoms with Gasteiger partial charge >= 0.3 is 0 Å². The summed E-state index contributed by atoms with van der Waals surface area (Å²) in [6, 6.07) is 13.2.